The molecule has 0 saturated carbocycles. The summed E-state index contributed by atoms with van der Waals surface area (Å²) >= 11 is 0. The van der Waals surface area contributed by atoms with Crippen molar-refractivity contribution in [3.63, 3.8) is 0 Å². The van der Waals surface area contributed by atoms with E-state index < -0.39 is 0 Å². The van der Waals surface area contributed by atoms with Gasteiger partial charge in [-0.05, 0) is 55.2 Å². The van der Waals surface area contributed by atoms with E-state index in [1.54, 1.807) is 13.1 Å². The number of piperidine rings is 1. The third-order valence-corrected chi connectivity index (χ3v) is 7.42. The van der Waals surface area contributed by atoms with Crippen LogP contribution in [-0.2, 0) is 21.6 Å². The van der Waals surface area contributed by atoms with Crippen LogP contribution in [0.1, 0.15) is 58.5 Å². The second-order valence-electron chi connectivity index (χ2n) is 9.63. The van der Waals surface area contributed by atoms with Gasteiger partial charge in [-0.15, -0.1) is 0 Å². The molecule has 6 heteroatoms. The zero-order valence-corrected chi connectivity index (χ0v) is 20.2. The minimum Gasteiger partial charge on any atom is -0.368 e. The lowest BCUT2D eigenvalue weighted by Crippen LogP contribution is -2.51. The molecule has 35 heavy (non-hydrogen) atoms. The number of benzene rings is 2. The Balaban J connectivity index is 1.43. The molecule has 1 aromatic heterocycles. The number of fused-ring (bicyclic) bond motifs is 2. The highest BCUT2D eigenvalue weighted by atomic mass is 16.5. The molecule has 0 unspecified atom stereocenters. The van der Waals surface area contributed by atoms with Gasteiger partial charge in [-0.25, -0.2) is 0 Å². The first-order valence-corrected chi connectivity index (χ1v) is 12.2. The van der Waals surface area contributed by atoms with E-state index in [0.717, 1.165) is 35.2 Å². The van der Waals surface area contributed by atoms with Crippen LogP contribution in [0.4, 0.5) is 0 Å². The summed E-state index contributed by atoms with van der Waals surface area (Å²) in [7, 11) is 0. The summed E-state index contributed by atoms with van der Waals surface area (Å²) < 4.78 is 6.59. The lowest BCUT2D eigenvalue weighted by atomic mass is 9.71. The molecule has 1 aliphatic carbocycles. The minimum atomic E-state index is -0.289. The van der Waals surface area contributed by atoms with Crippen molar-refractivity contribution in [3.05, 3.63) is 101 Å². The maximum Gasteiger partial charge on any atom is 0.253 e. The number of ether oxygens (including phenoxy) is 1. The van der Waals surface area contributed by atoms with Crippen LogP contribution in [0.3, 0.4) is 0 Å². The fourth-order valence-corrected chi connectivity index (χ4v) is 5.69. The van der Waals surface area contributed by atoms with Crippen molar-refractivity contribution in [1.82, 2.24) is 15.2 Å². The molecular formula is C29H31N3O3. The second kappa shape index (κ2) is 9.62. The van der Waals surface area contributed by atoms with E-state index in [2.05, 4.69) is 28.5 Å². The highest BCUT2D eigenvalue weighted by molar-refractivity contribution is 5.94. The standard InChI is InChI=1S/C29H31N3O3/c1-20-10-12-22(13-11-20)28(34)32-17-14-29(15-18-32)25-9-4-3-8-24(25)26(31-21(2)33)27(29)35-19-23-7-5-6-16-30-23/h3-13,16,26-27H,14-15,17-19H2,1-2H3,(H,31,33)/t26-,27+/m1/s1. The third-order valence-electron chi connectivity index (χ3n) is 7.42. The first-order valence-electron chi connectivity index (χ1n) is 12.2. The number of likely N-dealkylation sites (tertiary alicyclic amines) is 1. The molecule has 180 valence electrons. The Kier molecular flexibility index (Phi) is 6.39. The van der Waals surface area contributed by atoms with Gasteiger partial charge in [0.1, 0.15) is 0 Å². The maximum absolute atomic E-state index is 13.2. The smallest absolute Gasteiger partial charge is 0.253 e. The fraction of sp³-hybridized carbons (Fsp3) is 0.345. The van der Waals surface area contributed by atoms with Crippen molar-refractivity contribution in [1.29, 1.82) is 0 Å². The molecule has 2 amide bonds. The van der Waals surface area contributed by atoms with E-state index >= 15 is 0 Å². The monoisotopic (exact) mass is 469 g/mol. The number of hydrogen-bond donors (Lipinski definition) is 1. The van der Waals surface area contributed by atoms with Crippen molar-refractivity contribution < 1.29 is 14.3 Å². The summed E-state index contributed by atoms with van der Waals surface area (Å²) in [4.78, 5) is 31.7. The molecule has 2 atom stereocenters. The SMILES string of the molecule is CC(=O)N[C@@H]1c2ccccc2C2(CCN(C(=O)c3ccc(C)cc3)CC2)[C@H]1OCc1ccccn1. The Morgan fingerprint density at radius 1 is 1.03 bits per heavy atom. The molecule has 1 spiro atoms. The molecule has 0 radical (unpaired) electrons. The molecule has 6 nitrogen and oxygen atoms in total. The Bertz CT molecular complexity index is 1200. The molecule has 2 heterocycles. The average Bonchev–Trinajstić information content (AvgIpc) is 3.12. The van der Waals surface area contributed by atoms with Crippen molar-refractivity contribution in [2.45, 2.75) is 50.9 Å². The van der Waals surface area contributed by atoms with Crippen LogP contribution in [0.15, 0.2) is 72.9 Å². The van der Waals surface area contributed by atoms with Crippen LogP contribution in [0, 0.1) is 6.92 Å². The van der Waals surface area contributed by atoms with Gasteiger partial charge in [-0.3, -0.25) is 14.6 Å². The number of hydrogen-bond acceptors (Lipinski definition) is 4. The van der Waals surface area contributed by atoms with E-state index in [0.29, 0.717) is 19.7 Å². The zero-order valence-electron chi connectivity index (χ0n) is 20.2. The number of rotatable bonds is 5. The highest BCUT2D eigenvalue weighted by Gasteiger charge is 2.54. The van der Waals surface area contributed by atoms with Gasteiger partial charge in [0, 0.05) is 37.2 Å². The van der Waals surface area contributed by atoms with Crippen LogP contribution in [0.2, 0.25) is 0 Å². The molecule has 0 bridgehead atoms. The lowest BCUT2D eigenvalue weighted by Gasteiger charge is -2.44. The van der Waals surface area contributed by atoms with Crippen molar-refractivity contribution >= 4 is 11.8 Å². The van der Waals surface area contributed by atoms with Gasteiger partial charge in [0.05, 0.1) is 24.4 Å². The summed E-state index contributed by atoms with van der Waals surface area (Å²) in [5.41, 5.74) is 4.74. The summed E-state index contributed by atoms with van der Waals surface area (Å²) in [6, 6.07) is 21.6. The summed E-state index contributed by atoms with van der Waals surface area (Å²) in [5, 5.41) is 3.16. The molecule has 1 N–H and O–H groups in total. The van der Waals surface area contributed by atoms with Crippen molar-refractivity contribution in [3.8, 4) is 0 Å². The van der Waals surface area contributed by atoms with Gasteiger partial charge in [0.15, 0.2) is 0 Å². The number of aryl methyl sites for hydroxylation is 1. The van der Waals surface area contributed by atoms with E-state index in [1.807, 2.05) is 60.4 Å². The quantitative estimate of drug-likeness (QED) is 0.603. The first kappa shape index (κ1) is 23.2. The Morgan fingerprint density at radius 3 is 2.43 bits per heavy atom. The molecule has 3 aromatic rings. The number of carbonyl (C=O) groups is 2. The average molecular weight is 470 g/mol. The van der Waals surface area contributed by atoms with E-state index in [9.17, 15) is 9.59 Å². The van der Waals surface area contributed by atoms with Gasteiger partial charge in [-0.1, -0.05) is 48.0 Å². The molecule has 2 aliphatic rings. The third kappa shape index (κ3) is 4.46. The molecule has 5 rings (SSSR count). The van der Waals surface area contributed by atoms with E-state index in [4.69, 9.17) is 4.74 Å². The van der Waals surface area contributed by atoms with Gasteiger partial charge < -0.3 is 15.0 Å². The van der Waals surface area contributed by atoms with E-state index in [1.165, 1.54) is 5.56 Å². The summed E-state index contributed by atoms with van der Waals surface area (Å²) in [6.07, 6.45) is 3.05. The topological polar surface area (TPSA) is 71.5 Å². The van der Waals surface area contributed by atoms with Crippen molar-refractivity contribution in [2.75, 3.05) is 13.1 Å². The fourth-order valence-electron chi connectivity index (χ4n) is 5.69. The van der Waals surface area contributed by atoms with Gasteiger partial charge in [0.25, 0.3) is 5.91 Å². The number of nitrogens with zero attached hydrogens (tertiary/aromatic N) is 2. The van der Waals surface area contributed by atoms with Crippen LogP contribution in [0.5, 0.6) is 0 Å². The molecular weight excluding hydrogens is 438 g/mol. The van der Waals surface area contributed by atoms with Crippen LogP contribution in [-0.4, -0.2) is 40.9 Å². The maximum atomic E-state index is 13.2. The summed E-state index contributed by atoms with van der Waals surface area (Å²) in [6.45, 7) is 5.21. The minimum absolute atomic E-state index is 0.0653. The zero-order chi connectivity index (χ0) is 24.4. The lowest BCUT2D eigenvalue weighted by molar-refractivity contribution is -0.122. The largest absolute Gasteiger partial charge is 0.368 e. The molecule has 1 fully saturated rings. The molecule has 1 aliphatic heterocycles. The normalized spacial score (nSPS) is 20.5. The van der Waals surface area contributed by atoms with Gasteiger partial charge in [-0.2, -0.15) is 0 Å². The van der Waals surface area contributed by atoms with Crippen LogP contribution >= 0.6 is 0 Å². The predicted octanol–water partition coefficient (Wildman–Crippen LogP) is 4.34. The predicted molar refractivity (Wildman–Crippen MR) is 134 cm³/mol. The Morgan fingerprint density at radius 2 is 1.74 bits per heavy atom. The van der Waals surface area contributed by atoms with E-state index in [-0.39, 0.29) is 29.4 Å². The summed E-state index contributed by atoms with van der Waals surface area (Å²) in [5.74, 6) is -0.0178. The Hall–Kier alpha value is -3.51. The second-order valence-corrected chi connectivity index (χ2v) is 9.63. The van der Waals surface area contributed by atoms with Gasteiger partial charge in [0.2, 0.25) is 5.91 Å². The number of amides is 2. The Labute approximate surface area is 206 Å². The number of nitrogens with one attached hydrogen (secondary N) is 1. The van der Waals surface area contributed by atoms with Crippen molar-refractivity contribution in [2.24, 2.45) is 0 Å². The van der Waals surface area contributed by atoms with Gasteiger partial charge >= 0.3 is 0 Å². The molecule has 1 saturated heterocycles. The highest BCUT2D eigenvalue weighted by Crippen LogP contribution is 2.52. The van der Waals surface area contributed by atoms with Crippen LogP contribution in [0.25, 0.3) is 0 Å². The van der Waals surface area contributed by atoms with Crippen LogP contribution < -0.4 is 5.32 Å². The first-order chi connectivity index (χ1) is 17.0. The molecule has 2 aromatic carbocycles. The number of aromatic nitrogens is 1. The number of pyridine rings is 1. The number of carbonyl (C=O) groups excluding carboxylic acids is 2.